The van der Waals surface area contributed by atoms with Crippen LogP contribution in [0.25, 0.3) is 5.82 Å². The smallest absolute Gasteiger partial charge is 0.264 e. The first-order valence-electron chi connectivity index (χ1n) is 9.66. The Labute approximate surface area is 184 Å². The fraction of sp³-hybridized carbons (Fsp3) is 0.136. The van der Waals surface area contributed by atoms with Gasteiger partial charge in [-0.3, -0.25) is 4.72 Å². The van der Waals surface area contributed by atoms with E-state index in [4.69, 9.17) is 4.74 Å². The van der Waals surface area contributed by atoms with Gasteiger partial charge in [-0.05, 0) is 63.2 Å². The summed E-state index contributed by atoms with van der Waals surface area (Å²) in [5.41, 5.74) is 2.07. The maximum absolute atomic E-state index is 13.9. The van der Waals surface area contributed by atoms with Crippen molar-refractivity contribution in [2.75, 3.05) is 4.72 Å². The summed E-state index contributed by atoms with van der Waals surface area (Å²) >= 11 is 0. The van der Waals surface area contributed by atoms with Crippen molar-refractivity contribution in [3.8, 4) is 17.4 Å². The summed E-state index contributed by atoms with van der Waals surface area (Å²) in [4.78, 5) is 8.28. The van der Waals surface area contributed by atoms with Gasteiger partial charge in [0.05, 0.1) is 5.69 Å². The van der Waals surface area contributed by atoms with E-state index < -0.39 is 20.7 Å². The van der Waals surface area contributed by atoms with E-state index in [1.807, 2.05) is 19.9 Å². The SMILES string of the molecule is Cc1cc(C)n(-c2cc(Oc3ccc(NS(=O)(=O)c4ccccc4F)cc3)nc(C)n2)n1. The number of nitrogens with zero attached hydrogens (tertiary/aromatic N) is 4. The fourth-order valence-electron chi connectivity index (χ4n) is 3.13. The minimum absolute atomic E-state index is 0.266. The van der Waals surface area contributed by atoms with Gasteiger partial charge in [-0.1, -0.05) is 12.1 Å². The van der Waals surface area contributed by atoms with Gasteiger partial charge in [0.15, 0.2) is 5.82 Å². The first-order chi connectivity index (χ1) is 15.2. The molecule has 0 spiro atoms. The lowest BCUT2D eigenvalue weighted by molar-refractivity contribution is 0.459. The van der Waals surface area contributed by atoms with Crippen molar-refractivity contribution in [3.05, 3.63) is 83.7 Å². The molecule has 10 heteroatoms. The number of halogens is 1. The molecule has 0 aliphatic heterocycles. The molecule has 2 heterocycles. The van der Waals surface area contributed by atoms with E-state index in [9.17, 15) is 12.8 Å². The van der Waals surface area contributed by atoms with Crippen molar-refractivity contribution in [2.45, 2.75) is 25.7 Å². The summed E-state index contributed by atoms with van der Waals surface area (Å²) in [6.45, 7) is 5.58. The van der Waals surface area contributed by atoms with E-state index in [-0.39, 0.29) is 5.69 Å². The van der Waals surface area contributed by atoms with Gasteiger partial charge in [-0.15, -0.1) is 0 Å². The van der Waals surface area contributed by atoms with Crippen LogP contribution in [-0.2, 0) is 10.0 Å². The highest BCUT2D eigenvalue weighted by atomic mass is 32.2. The second-order valence-electron chi connectivity index (χ2n) is 7.11. The van der Waals surface area contributed by atoms with Crippen molar-refractivity contribution in [3.63, 3.8) is 0 Å². The third-order valence-corrected chi connectivity index (χ3v) is 5.90. The van der Waals surface area contributed by atoms with Gasteiger partial charge in [-0.2, -0.15) is 10.1 Å². The van der Waals surface area contributed by atoms with E-state index in [1.165, 1.54) is 30.3 Å². The van der Waals surface area contributed by atoms with Crippen LogP contribution in [0.2, 0.25) is 0 Å². The Morgan fingerprint density at radius 2 is 1.69 bits per heavy atom. The molecule has 0 saturated carbocycles. The van der Waals surface area contributed by atoms with Crippen LogP contribution in [0.3, 0.4) is 0 Å². The average molecular weight is 453 g/mol. The first kappa shape index (κ1) is 21.4. The van der Waals surface area contributed by atoms with Crippen LogP contribution in [0.15, 0.2) is 65.6 Å². The van der Waals surface area contributed by atoms with Crippen LogP contribution in [0.5, 0.6) is 11.6 Å². The summed E-state index contributed by atoms with van der Waals surface area (Å²) in [5.74, 6) is 1.03. The molecule has 1 N–H and O–H groups in total. The molecule has 0 radical (unpaired) electrons. The van der Waals surface area contributed by atoms with Crippen molar-refractivity contribution in [2.24, 2.45) is 0 Å². The minimum atomic E-state index is -4.06. The summed E-state index contributed by atoms with van der Waals surface area (Å²) in [6.07, 6.45) is 0. The summed E-state index contributed by atoms with van der Waals surface area (Å²) in [5, 5.41) is 4.43. The third-order valence-electron chi connectivity index (χ3n) is 4.48. The normalized spacial score (nSPS) is 11.4. The molecule has 0 amide bonds. The minimum Gasteiger partial charge on any atom is -0.439 e. The number of aryl methyl sites for hydroxylation is 3. The van der Waals surface area contributed by atoms with E-state index in [0.717, 1.165) is 17.5 Å². The third kappa shape index (κ3) is 4.59. The number of benzene rings is 2. The summed E-state index contributed by atoms with van der Waals surface area (Å²) < 4.78 is 48.6. The number of anilines is 1. The maximum atomic E-state index is 13.9. The lowest BCUT2D eigenvalue weighted by Gasteiger charge is -2.11. The molecule has 32 heavy (non-hydrogen) atoms. The molecule has 0 atom stereocenters. The Hall–Kier alpha value is -3.79. The Balaban J connectivity index is 1.53. The van der Waals surface area contributed by atoms with Crippen LogP contribution in [0.4, 0.5) is 10.1 Å². The zero-order chi connectivity index (χ0) is 22.9. The Morgan fingerprint density at radius 3 is 2.34 bits per heavy atom. The average Bonchev–Trinajstić information content (AvgIpc) is 3.07. The number of hydrogen-bond donors (Lipinski definition) is 1. The first-order valence-corrected chi connectivity index (χ1v) is 11.1. The summed E-state index contributed by atoms with van der Waals surface area (Å²) in [7, 11) is -4.06. The second-order valence-corrected chi connectivity index (χ2v) is 8.76. The van der Waals surface area contributed by atoms with Crippen LogP contribution >= 0.6 is 0 Å². The molecule has 4 rings (SSSR count). The van der Waals surface area contributed by atoms with Gasteiger partial charge in [0, 0.05) is 17.4 Å². The summed E-state index contributed by atoms with van der Waals surface area (Å²) in [6, 6.07) is 15.0. The lowest BCUT2D eigenvalue weighted by Crippen LogP contribution is -2.14. The molecule has 0 unspecified atom stereocenters. The molecule has 0 bridgehead atoms. The molecule has 4 aromatic rings. The molecule has 8 nitrogen and oxygen atoms in total. The maximum Gasteiger partial charge on any atom is 0.264 e. The highest BCUT2D eigenvalue weighted by molar-refractivity contribution is 7.92. The van der Waals surface area contributed by atoms with E-state index in [1.54, 1.807) is 29.8 Å². The van der Waals surface area contributed by atoms with Gasteiger partial charge >= 0.3 is 0 Å². The number of hydrogen-bond acceptors (Lipinski definition) is 6. The molecule has 164 valence electrons. The van der Waals surface area contributed by atoms with Crippen molar-refractivity contribution in [1.29, 1.82) is 0 Å². The van der Waals surface area contributed by atoms with Gasteiger partial charge < -0.3 is 4.74 Å². The Morgan fingerprint density at radius 1 is 0.969 bits per heavy atom. The Kier molecular flexibility index (Phi) is 5.62. The Bertz CT molecular complexity index is 1390. The molecule has 0 aliphatic carbocycles. The number of rotatable bonds is 6. The molecule has 2 aromatic heterocycles. The van der Waals surface area contributed by atoms with Crippen LogP contribution < -0.4 is 9.46 Å². The zero-order valence-electron chi connectivity index (χ0n) is 17.6. The highest BCUT2D eigenvalue weighted by Gasteiger charge is 2.18. The molecule has 0 aliphatic rings. The van der Waals surface area contributed by atoms with Crippen molar-refractivity contribution < 1.29 is 17.5 Å². The zero-order valence-corrected chi connectivity index (χ0v) is 18.4. The van der Waals surface area contributed by atoms with Gasteiger partial charge in [-0.25, -0.2) is 22.5 Å². The number of ether oxygens (including phenoxy) is 1. The number of nitrogens with one attached hydrogen (secondary N) is 1. The van der Waals surface area contributed by atoms with E-state index >= 15 is 0 Å². The predicted molar refractivity (Wildman–Crippen MR) is 117 cm³/mol. The highest BCUT2D eigenvalue weighted by Crippen LogP contribution is 2.25. The number of aromatic nitrogens is 4. The van der Waals surface area contributed by atoms with Gasteiger partial charge in [0.25, 0.3) is 10.0 Å². The fourth-order valence-corrected chi connectivity index (χ4v) is 4.27. The second kappa shape index (κ2) is 8.39. The van der Waals surface area contributed by atoms with Crippen LogP contribution in [-0.4, -0.2) is 28.2 Å². The van der Waals surface area contributed by atoms with E-state index in [0.29, 0.717) is 23.3 Å². The standard InChI is InChI=1S/C22H20FN5O3S/c1-14-12-15(2)28(26-14)21-13-22(25-16(3)24-21)31-18-10-8-17(9-11-18)27-32(29,30)20-7-5-4-6-19(20)23/h4-13,27H,1-3H3. The van der Waals surface area contributed by atoms with Crippen molar-refractivity contribution in [1.82, 2.24) is 19.7 Å². The quantitative estimate of drug-likeness (QED) is 0.467. The molecular formula is C22H20FN5O3S. The topological polar surface area (TPSA) is 99.0 Å². The monoisotopic (exact) mass is 453 g/mol. The van der Waals surface area contributed by atoms with Crippen LogP contribution in [0.1, 0.15) is 17.2 Å². The molecule has 0 saturated heterocycles. The van der Waals surface area contributed by atoms with Gasteiger partial charge in [0.2, 0.25) is 5.88 Å². The molecule has 2 aromatic carbocycles. The predicted octanol–water partition coefficient (Wildman–Crippen LogP) is 4.32. The van der Waals surface area contributed by atoms with Crippen molar-refractivity contribution >= 4 is 15.7 Å². The largest absolute Gasteiger partial charge is 0.439 e. The lowest BCUT2D eigenvalue weighted by atomic mass is 10.3. The van der Waals surface area contributed by atoms with Gasteiger partial charge in [0.1, 0.15) is 22.3 Å². The number of sulfonamides is 1. The molecular weight excluding hydrogens is 433 g/mol. The van der Waals surface area contributed by atoms with E-state index in [2.05, 4.69) is 19.8 Å². The molecule has 0 fully saturated rings. The van der Waals surface area contributed by atoms with Crippen LogP contribution in [0, 0.1) is 26.6 Å².